The summed E-state index contributed by atoms with van der Waals surface area (Å²) in [5.41, 5.74) is 2.61. The van der Waals surface area contributed by atoms with Crippen molar-refractivity contribution in [2.75, 3.05) is 19.7 Å². The third-order valence-electron chi connectivity index (χ3n) is 4.36. The molecule has 0 radical (unpaired) electrons. The van der Waals surface area contributed by atoms with E-state index in [-0.39, 0.29) is 24.9 Å². The average molecular weight is 331 g/mol. The highest BCUT2D eigenvalue weighted by Gasteiger charge is 2.29. The first-order valence-corrected chi connectivity index (χ1v) is 8.43. The van der Waals surface area contributed by atoms with Crippen LogP contribution in [0.3, 0.4) is 0 Å². The van der Waals surface area contributed by atoms with Crippen molar-refractivity contribution in [1.29, 1.82) is 0 Å². The Labute approximate surface area is 140 Å². The number of amides is 1. The lowest BCUT2D eigenvalue weighted by Gasteiger charge is -2.20. The Hall–Kier alpha value is -2.21. The molecule has 0 unspecified atom stereocenters. The van der Waals surface area contributed by atoms with Gasteiger partial charge in [-0.15, -0.1) is 0 Å². The zero-order valence-corrected chi connectivity index (χ0v) is 13.8. The minimum Gasteiger partial charge on any atom is -0.395 e. The van der Waals surface area contributed by atoms with E-state index in [1.807, 2.05) is 6.92 Å². The molecule has 1 aliphatic rings. The van der Waals surface area contributed by atoms with Crippen molar-refractivity contribution in [3.05, 3.63) is 47.0 Å². The molecule has 1 aliphatic carbocycles. The number of carbonyl (C=O) groups excluding carboxylic acids is 1. The van der Waals surface area contributed by atoms with Crippen molar-refractivity contribution in [3.63, 3.8) is 0 Å². The molecule has 0 fully saturated rings. The Balaban J connectivity index is 2.03. The van der Waals surface area contributed by atoms with Gasteiger partial charge in [0.2, 0.25) is 0 Å². The third kappa shape index (κ3) is 2.94. The zero-order chi connectivity index (χ0) is 17.1. The molecule has 128 valence electrons. The molecule has 0 atom stereocenters. The fourth-order valence-corrected chi connectivity index (χ4v) is 3.29. The predicted octanol–water partition coefficient (Wildman–Crippen LogP) is 2.34. The Kier molecular flexibility index (Phi) is 4.94. The fraction of sp³-hybridized carbons (Fsp3) is 0.444. The number of carbonyl (C=O) groups is 1. The lowest BCUT2D eigenvalue weighted by molar-refractivity contribution is 0.0714. The normalized spacial score (nSPS) is 13.1. The Morgan fingerprint density at radius 3 is 2.83 bits per heavy atom. The minimum atomic E-state index is -0.352. The van der Waals surface area contributed by atoms with E-state index in [1.54, 1.807) is 27.8 Å². The summed E-state index contributed by atoms with van der Waals surface area (Å²) >= 11 is 0. The van der Waals surface area contributed by atoms with E-state index < -0.39 is 0 Å². The van der Waals surface area contributed by atoms with E-state index in [0.717, 1.165) is 36.9 Å². The summed E-state index contributed by atoms with van der Waals surface area (Å²) < 4.78 is 15.7. The molecule has 0 bridgehead atoms. The van der Waals surface area contributed by atoms with Crippen LogP contribution in [-0.4, -0.2) is 45.4 Å². The van der Waals surface area contributed by atoms with Gasteiger partial charge in [-0.1, -0.05) is 19.1 Å². The van der Waals surface area contributed by atoms with Crippen LogP contribution in [0.5, 0.6) is 0 Å². The highest BCUT2D eigenvalue weighted by molar-refractivity contribution is 5.94. The minimum absolute atomic E-state index is 0.0814. The second-order valence-corrected chi connectivity index (χ2v) is 6.01. The summed E-state index contributed by atoms with van der Waals surface area (Å²) in [4.78, 5) is 14.5. The number of hydrogen-bond acceptors (Lipinski definition) is 3. The van der Waals surface area contributed by atoms with Crippen molar-refractivity contribution in [2.24, 2.45) is 0 Å². The van der Waals surface area contributed by atoms with Gasteiger partial charge >= 0.3 is 0 Å². The molecule has 2 aromatic rings. The first kappa shape index (κ1) is 16.6. The molecule has 1 amide bonds. The maximum atomic E-state index is 14.2. The summed E-state index contributed by atoms with van der Waals surface area (Å²) in [6.45, 7) is 2.76. The number of fused-ring (bicyclic) bond motifs is 1. The van der Waals surface area contributed by atoms with Gasteiger partial charge in [-0.25, -0.2) is 9.07 Å². The van der Waals surface area contributed by atoms with Gasteiger partial charge < -0.3 is 10.0 Å². The quantitative estimate of drug-likeness (QED) is 0.884. The van der Waals surface area contributed by atoms with Crippen molar-refractivity contribution < 1.29 is 14.3 Å². The lowest BCUT2D eigenvalue weighted by atomic mass is 10.1. The molecule has 1 heterocycles. The molecule has 0 spiro atoms. The largest absolute Gasteiger partial charge is 0.395 e. The van der Waals surface area contributed by atoms with Crippen molar-refractivity contribution in [1.82, 2.24) is 14.7 Å². The number of halogens is 1. The van der Waals surface area contributed by atoms with Gasteiger partial charge in [0.1, 0.15) is 11.5 Å². The molecular weight excluding hydrogens is 309 g/mol. The highest BCUT2D eigenvalue weighted by atomic mass is 19.1. The Bertz CT molecular complexity index is 736. The topological polar surface area (TPSA) is 58.4 Å². The van der Waals surface area contributed by atoms with E-state index in [2.05, 4.69) is 5.10 Å². The SMILES string of the molecule is CCCN(CCO)C(=O)c1nn(-c2ccccc2F)c2c1CCC2. The van der Waals surface area contributed by atoms with Crippen LogP contribution in [0, 0.1) is 5.82 Å². The van der Waals surface area contributed by atoms with Crippen LogP contribution < -0.4 is 0 Å². The summed E-state index contributed by atoms with van der Waals surface area (Å²) in [7, 11) is 0. The molecular formula is C18H22FN3O2. The maximum absolute atomic E-state index is 14.2. The monoisotopic (exact) mass is 331 g/mol. The number of aliphatic hydroxyl groups is 1. The van der Waals surface area contributed by atoms with Crippen molar-refractivity contribution in [2.45, 2.75) is 32.6 Å². The number of nitrogens with zero attached hydrogens (tertiary/aromatic N) is 3. The van der Waals surface area contributed by atoms with Gasteiger partial charge in [-0.2, -0.15) is 5.10 Å². The van der Waals surface area contributed by atoms with Gasteiger partial charge in [0.05, 0.1) is 6.61 Å². The Morgan fingerprint density at radius 1 is 1.33 bits per heavy atom. The standard InChI is InChI=1S/C18H22FN3O2/c1-2-10-21(11-12-23)18(24)17-13-6-5-9-15(13)22(20-17)16-8-4-3-7-14(16)19/h3-4,7-8,23H,2,5-6,9-12H2,1H3. The van der Waals surface area contributed by atoms with E-state index >= 15 is 0 Å². The zero-order valence-electron chi connectivity index (χ0n) is 13.8. The smallest absolute Gasteiger partial charge is 0.274 e. The van der Waals surface area contributed by atoms with Gasteiger partial charge in [0, 0.05) is 24.3 Å². The van der Waals surface area contributed by atoms with Crippen LogP contribution in [0.25, 0.3) is 5.69 Å². The Morgan fingerprint density at radius 2 is 2.12 bits per heavy atom. The van der Waals surface area contributed by atoms with Crippen LogP contribution in [0.15, 0.2) is 24.3 Å². The van der Waals surface area contributed by atoms with E-state index in [0.29, 0.717) is 17.9 Å². The van der Waals surface area contributed by atoms with Crippen LogP contribution >= 0.6 is 0 Å². The summed E-state index contributed by atoms with van der Waals surface area (Å²) in [5, 5.41) is 13.7. The number of para-hydroxylation sites is 1. The third-order valence-corrected chi connectivity index (χ3v) is 4.36. The number of hydrogen-bond donors (Lipinski definition) is 1. The summed E-state index contributed by atoms with van der Waals surface area (Å²) in [5.74, 6) is -0.534. The average Bonchev–Trinajstić information content (AvgIpc) is 3.17. The molecule has 1 aromatic carbocycles. The molecule has 1 N–H and O–H groups in total. The predicted molar refractivity (Wildman–Crippen MR) is 88.8 cm³/mol. The van der Waals surface area contributed by atoms with Gasteiger partial charge in [0.15, 0.2) is 5.69 Å². The van der Waals surface area contributed by atoms with Gasteiger partial charge in [-0.3, -0.25) is 4.79 Å². The number of benzene rings is 1. The number of aliphatic hydroxyl groups excluding tert-OH is 1. The van der Waals surface area contributed by atoms with E-state index in [1.165, 1.54) is 6.07 Å². The maximum Gasteiger partial charge on any atom is 0.274 e. The highest BCUT2D eigenvalue weighted by Crippen LogP contribution is 2.29. The van der Waals surface area contributed by atoms with E-state index in [4.69, 9.17) is 0 Å². The second-order valence-electron chi connectivity index (χ2n) is 6.01. The molecule has 3 rings (SSSR count). The van der Waals surface area contributed by atoms with Gasteiger partial charge in [0.25, 0.3) is 5.91 Å². The van der Waals surface area contributed by atoms with Crippen LogP contribution in [0.2, 0.25) is 0 Å². The van der Waals surface area contributed by atoms with Gasteiger partial charge in [-0.05, 0) is 37.8 Å². The first-order valence-electron chi connectivity index (χ1n) is 8.43. The van der Waals surface area contributed by atoms with Crippen molar-refractivity contribution in [3.8, 4) is 5.69 Å². The second kappa shape index (κ2) is 7.13. The van der Waals surface area contributed by atoms with Crippen LogP contribution in [-0.2, 0) is 12.8 Å². The lowest BCUT2D eigenvalue weighted by Crippen LogP contribution is -2.35. The molecule has 24 heavy (non-hydrogen) atoms. The number of rotatable bonds is 6. The molecule has 5 nitrogen and oxygen atoms in total. The van der Waals surface area contributed by atoms with Crippen molar-refractivity contribution >= 4 is 5.91 Å². The molecule has 0 saturated heterocycles. The molecule has 6 heteroatoms. The first-order chi connectivity index (χ1) is 11.7. The molecule has 0 saturated carbocycles. The number of aromatic nitrogens is 2. The van der Waals surface area contributed by atoms with E-state index in [9.17, 15) is 14.3 Å². The molecule has 1 aromatic heterocycles. The van der Waals surface area contributed by atoms with Crippen LogP contribution in [0.4, 0.5) is 4.39 Å². The molecule has 0 aliphatic heterocycles. The summed E-state index contributed by atoms with van der Waals surface area (Å²) in [6.07, 6.45) is 3.32. The summed E-state index contributed by atoms with van der Waals surface area (Å²) in [6, 6.07) is 6.47. The fourth-order valence-electron chi connectivity index (χ4n) is 3.29. The van der Waals surface area contributed by atoms with Crippen LogP contribution in [0.1, 0.15) is 41.5 Å².